The van der Waals surface area contributed by atoms with Gasteiger partial charge in [0.1, 0.15) is 11.3 Å². The van der Waals surface area contributed by atoms with Crippen molar-refractivity contribution in [1.29, 1.82) is 5.26 Å². The zero-order valence-electron chi connectivity index (χ0n) is 17.8. The first kappa shape index (κ1) is 24.0. The van der Waals surface area contributed by atoms with Gasteiger partial charge in [-0.25, -0.2) is 4.79 Å². The summed E-state index contributed by atoms with van der Waals surface area (Å²) in [5.41, 5.74) is -0.540. The van der Waals surface area contributed by atoms with Gasteiger partial charge in [0, 0.05) is 4.47 Å². The third-order valence-corrected chi connectivity index (χ3v) is 4.36. The predicted molar refractivity (Wildman–Crippen MR) is 116 cm³/mol. The Hall–Kier alpha value is -3.26. The second-order valence-corrected chi connectivity index (χ2v) is 8.35. The average Bonchev–Trinajstić information content (AvgIpc) is 2.64. The van der Waals surface area contributed by atoms with Crippen LogP contribution in [0.5, 0.6) is 6.01 Å². The van der Waals surface area contributed by atoms with E-state index in [0.717, 1.165) is 4.90 Å². The van der Waals surface area contributed by atoms with Gasteiger partial charge in [-0.1, -0.05) is 22.0 Å². The van der Waals surface area contributed by atoms with Crippen LogP contribution in [0.4, 0.5) is 16.3 Å². The van der Waals surface area contributed by atoms with Crippen LogP contribution < -0.4 is 9.64 Å². The first-order valence-electron chi connectivity index (χ1n) is 9.31. The Morgan fingerprint density at radius 1 is 1.35 bits per heavy atom. The third kappa shape index (κ3) is 6.11. The summed E-state index contributed by atoms with van der Waals surface area (Å²) in [5.74, 6) is -0.276. The van der Waals surface area contributed by atoms with Gasteiger partial charge in [-0.2, -0.15) is 15.2 Å². The zero-order chi connectivity index (χ0) is 23.3. The van der Waals surface area contributed by atoms with Crippen LogP contribution in [0, 0.1) is 28.4 Å². The fourth-order valence-corrected chi connectivity index (χ4v) is 2.99. The molecule has 0 atom stereocenters. The van der Waals surface area contributed by atoms with E-state index in [2.05, 4.69) is 32.0 Å². The van der Waals surface area contributed by atoms with Crippen molar-refractivity contribution >= 4 is 33.5 Å². The maximum atomic E-state index is 13.1. The molecule has 0 spiro atoms. The number of ether oxygens (including phenoxy) is 2. The van der Waals surface area contributed by atoms with Gasteiger partial charge in [0.15, 0.2) is 0 Å². The van der Waals surface area contributed by atoms with E-state index in [1.165, 1.54) is 6.92 Å². The first-order chi connectivity index (χ1) is 14.5. The Labute approximate surface area is 188 Å². The summed E-state index contributed by atoms with van der Waals surface area (Å²) in [6.45, 7) is 8.21. The Morgan fingerprint density at radius 3 is 2.58 bits per heavy atom. The largest absolute Gasteiger partial charge is 0.464 e. The number of carbonyl (C=O) groups excluding carboxylic acids is 1. The number of benzene rings is 1. The molecule has 0 N–H and O–H groups in total. The van der Waals surface area contributed by atoms with Gasteiger partial charge in [-0.3, -0.25) is 15.0 Å². The number of carbonyl (C=O) groups is 1. The number of hydrogen-bond donors (Lipinski definition) is 0. The van der Waals surface area contributed by atoms with E-state index in [-0.39, 0.29) is 30.7 Å². The Bertz CT molecular complexity index is 1050. The zero-order valence-corrected chi connectivity index (χ0v) is 19.4. The van der Waals surface area contributed by atoms with E-state index in [9.17, 15) is 20.2 Å². The molecule has 0 saturated carbocycles. The van der Waals surface area contributed by atoms with Crippen LogP contribution in [0.3, 0.4) is 0 Å². The number of aromatic nitrogens is 2. The highest BCUT2D eigenvalue weighted by molar-refractivity contribution is 9.10. The summed E-state index contributed by atoms with van der Waals surface area (Å²) in [6.07, 6.45) is -0.858. The standard InChI is InChI=1S/C20H22BrN5O5/c1-6-30-18-23-12(2)16(26(28)29)17(24-18)25(19(27)31-20(3,4)5)11-13-7-8-15(21)9-14(13)10-22/h7-9H,6,11H2,1-5H3. The lowest BCUT2D eigenvalue weighted by Gasteiger charge is -2.27. The lowest BCUT2D eigenvalue weighted by molar-refractivity contribution is -0.385. The SMILES string of the molecule is CCOc1nc(C)c([N+](=O)[O-])c(N(Cc2ccc(Br)cc2C#N)C(=O)OC(C)(C)C)n1. The molecule has 0 unspecified atom stereocenters. The van der Waals surface area contributed by atoms with Crippen molar-refractivity contribution in [2.75, 3.05) is 11.5 Å². The Balaban J connectivity index is 2.70. The van der Waals surface area contributed by atoms with Crippen molar-refractivity contribution in [2.24, 2.45) is 0 Å². The minimum atomic E-state index is -0.868. The van der Waals surface area contributed by atoms with Gasteiger partial charge >= 0.3 is 17.8 Å². The maximum Gasteiger partial charge on any atom is 0.416 e. The van der Waals surface area contributed by atoms with Crippen molar-refractivity contribution < 1.29 is 19.2 Å². The highest BCUT2D eigenvalue weighted by Gasteiger charge is 2.33. The summed E-state index contributed by atoms with van der Waals surface area (Å²) in [5, 5.41) is 21.3. The minimum Gasteiger partial charge on any atom is -0.464 e. The molecule has 2 aromatic rings. The average molecular weight is 492 g/mol. The van der Waals surface area contributed by atoms with Crippen molar-refractivity contribution in [3.63, 3.8) is 0 Å². The monoisotopic (exact) mass is 491 g/mol. The molecule has 164 valence electrons. The van der Waals surface area contributed by atoms with E-state index in [0.29, 0.717) is 15.6 Å². The second-order valence-electron chi connectivity index (χ2n) is 7.43. The predicted octanol–water partition coefficient (Wildman–Crippen LogP) is 4.67. The Kier molecular flexibility index (Phi) is 7.51. The molecular weight excluding hydrogens is 470 g/mol. The van der Waals surface area contributed by atoms with Crippen LogP contribution in [-0.4, -0.2) is 33.2 Å². The maximum absolute atomic E-state index is 13.1. The van der Waals surface area contributed by atoms with Crippen LogP contribution in [0.2, 0.25) is 0 Å². The van der Waals surface area contributed by atoms with Gasteiger partial charge < -0.3 is 9.47 Å². The molecule has 1 amide bonds. The molecule has 0 aliphatic heterocycles. The van der Waals surface area contributed by atoms with Crippen LogP contribution in [-0.2, 0) is 11.3 Å². The number of anilines is 1. The molecule has 31 heavy (non-hydrogen) atoms. The van der Waals surface area contributed by atoms with Gasteiger partial charge in [0.05, 0.1) is 29.7 Å². The Morgan fingerprint density at radius 2 is 2.03 bits per heavy atom. The summed E-state index contributed by atoms with van der Waals surface area (Å²) in [7, 11) is 0. The first-order valence-corrected chi connectivity index (χ1v) is 10.1. The van der Waals surface area contributed by atoms with E-state index < -0.39 is 22.3 Å². The highest BCUT2D eigenvalue weighted by Crippen LogP contribution is 2.33. The fourth-order valence-electron chi connectivity index (χ4n) is 2.63. The molecule has 0 radical (unpaired) electrons. The number of halogens is 1. The van der Waals surface area contributed by atoms with Crippen LogP contribution in [0.1, 0.15) is 44.5 Å². The van der Waals surface area contributed by atoms with Gasteiger partial charge in [0.2, 0.25) is 5.82 Å². The smallest absolute Gasteiger partial charge is 0.416 e. The van der Waals surface area contributed by atoms with Crippen molar-refractivity contribution in [1.82, 2.24) is 9.97 Å². The summed E-state index contributed by atoms with van der Waals surface area (Å²) in [6, 6.07) is 6.89. The molecule has 2 rings (SSSR count). The van der Waals surface area contributed by atoms with Crippen LogP contribution >= 0.6 is 15.9 Å². The summed E-state index contributed by atoms with van der Waals surface area (Å²) in [4.78, 5) is 33.3. The van der Waals surface area contributed by atoms with E-state index in [1.807, 2.05) is 0 Å². The number of nitro groups is 1. The molecule has 1 aromatic heterocycles. The number of nitrogens with zero attached hydrogens (tertiary/aromatic N) is 5. The molecule has 1 aromatic carbocycles. The quantitative estimate of drug-likeness (QED) is 0.420. The number of hydrogen-bond acceptors (Lipinski definition) is 8. The van der Waals surface area contributed by atoms with Crippen molar-refractivity contribution in [3.05, 3.63) is 49.6 Å². The van der Waals surface area contributed by atoms with Gasteiger partial charge in [0.25, 0.3) is 0 Å². The summed E-state index contributed by atoms with van der Waals surface area (Å²) < 4.78 is 11.5. The lowest BCUT2D eigenvalue weighted by Crippen LogP contribution is -2.37. The molecule has 11 heteroatoms. The van der Waals surface area contributed by atoms with E-state index in [4.69, 9.17) is 9.47 Å². The molecule has 0 fully saturated rings. The van der Waals surface area contributed by atoms with E-state index in [1.54, 1.807) is 45.9 Å². The fraction of sp³-hybridized carbons (Fsp3) is 0.400. The minimum absolute atomic E-state index is 0.0309. The molecule has 0 aliphatic carbocycles. The topological polar surface area (TPSA) is 131 Å². The lowest BCUT2D eigenvalue weighted by atomic mass is 10.1. The van der Waals surface area contributed by atoms with Crippen LogP contribution in [0.15, 0.2) is 22.7 Å². The van der Waals surface area contributed by atoms with Gasteiger partial charge in [-0.05, 0) is 52.3 Å². The van der Waals surface area contributed by atoms with E-state index >= 15 is 0 Å². The molecule has 0 aliphatic rings. The highest BCUT2D eigenvalue weighted by atomic mass is 79.9. The number of aryl methyl sites for hydroxylation is 1. The van der Waals surface area contributed by atoms with Crippen molar-refractivity contribution in [3.8, 4) is 12.1 Å². The number of rotatable bonds is 6. The van der Waals surface area contributed by atoms with Gasteiger partial charge in [-0.15, -0.1) is 0 Å². The van der Waals surface area contributed by atoms with Crippen LogP contribution in [0.25, 0.3) is 0 Å². The molecule has 1 heterocycles. The molecule has 0 bridgehead atoms. The number of amides is 1. The normalized spacial score (nSPS) is 10.9. The second kappa shape index (κ2) is 9.70. The third-order valence-electron chi connectivity index (χ3n) is 3.87. The molecular formula is C20H22BrN5O5. The molecule has 10 nitrogen and oxygen atoms in total. The summed E-state index contributed by atoms with van der Waals surface area (Å²) >= 11 is 3.30. The van der Waals surface area contributed by atoms with Crippen molar-refractivity contribution in [2.45, 2.75) is 46.8 Å². The molecule has 0 saturated heterocycles. The number of nitriles is 1.